The van der Waals surface area contributed by atoms with Gasteiger partial charge in [0, 0.05) is 31.4 Å². The summed E-state index contributed by atoms with van der Waals surface area (Å²) in [5, 5.41) is 8.09. The van der Waals surface area contributed by atoms with Gasteiger partial charge in [-0.2, -0.15) is 5.10 Å². The molecule has 0 saturated carbocycles. The van der Waals surface area contributed by atoms with Crippen molar-refractivity contribution < 1.29 is 0 Å². The molecular formula is C17H24N4. The molecule has 1 aliphatic rings. The van der Waals surface area contributed by atoms with Crippen LogP contribution in [0.15, 0.2) is 24.3 Å². The zero-order chi connectivity index (χ0) is 14.8. The van der Waals surface area contributed by atoms with Crippen LogP contribution >= 0.6 is 0 Å². The Kier molecular flexibility index (Phi) is 3.97. The van der Waals surface area contributed by atoms with Crippen LogP contribution in [0.25, 0.3) is 0 Å². The molecular weight excluding hydrogens is 260 g/mol. The lowest BCUT2D eigenvalue weighted by molar-refractivity contribution is 0.693. The number of nitrogens with zero attached hydrogens (tertiary/aromatic N) is 3. The lowest BCUT2D eigenvalue weighted by atomic mass is 10.0. The Balaban J connectivity index is 2.05. The molecule has 1 aliphatic heterocycles. The van der Waals surface area contributed by atoms with E-state index in [0.29, 0.717) is 0 Å². The fourth-order valence-electron chi connectivity index (χ4n) is 3.24. The number of fused-ring (bicyclic) bond motifs is 1. The number of hydrogen-bond donors (Lipinski definition) is 1. The van der Waals surface area contributed by atoms with E-state index in [9.17, 15) is 0 Å². The number of rotatable bonds is 4. The van der Waals surface area contributed by atoms with Gasteiger partial charge in [-0.1, -0.05) is 25.1 Å². The lowest BCUT2D eigenvalue weighted by Gasteiger charge is -2.32. The van der Waals surface area contributed by atoms with Crippen molar-refractivity contribution in [3.05, 3.63) is 41.1 Å². The van der Waals surface area contributed by atoms with E-state index in [1.165, 1.54) is 35.5 Å². The zero-order valence-electron chi connectivity index (χ0n) is 13.2. The third kappa shape index (κ3) is 2.56. The molecule has 4 heteroatoms. The first-order valence-electron chi connectivity index (χ1n) is 7.81. The van der Waals surface area contributed by atoms with Crippen molar-refractivity contribution in [2.45, 2.75) is 33.2 Å². The monoisotopic (exact) mass is 284 g/mol. The van der Waals surface area contributed by atoms with E-state index in [2.05, 4.69) is 60.5 Å². The molecule has 2 heterocycles. The fraction of sp³-hybridized carbons (Fsp3) is 0.471. The summed E-state index contributed by atoms with van der Waals surface area (Å²) in [6.07, 6.45) is 2.37. The second-order valence-corrected chi connectivity index (χ2v) is 5.68. The van der Waals surface area contributed by atoms with Crippen molar-refractivity contribution in [1.29, 1.82) is 0 Å². The minimum absolute atomic E-state index is 0.879. The van der Waals surface area contributed by atoms with Gasteiger partial charge < -0.3 is 10.2 Å². The number of aromatic nitrogens is 2. The molecule has 1 aromatic heterocycles. The number of nitrogens with one attached hydrogen (secondary N) is 1. The van der Waals surface area contributed by atoms with Gasteiger partial charge >= 0.3 is 0 Å². The number of hydrogen-bond acceptors (Lipinski definition) is 3. The lowest BCUT2D eigenvalue weighted by Crippen LogP contribution is -2.28. The maximum absolute atomic E-state index is 4.65. The van der Waals surface area contributed by atoms with Crippen LogP contribution in [-0.2, 0) is 20.0 Å². The molecule has 0 spiro atoms. The number of anilines is 2. The first-order chi connectivity index (χ1) is 10.2. The molecule has 1 aromatic carbocycles. The summed E-state index contributed by atoms with van der Waals surface area (Å²) in [5.74, 6) is 1.24. The van der Waals surface area contributed by atoms with Gasteiger partial charge in [-0.05, 0) is 37.9 Å². The predicted molar refractivity (Wildman–Crippen MR) is 87.1 cm³/mol. The normalized spacial score (nSPS) is 14.3. The first-order valence-corrected chi connectivity index (χ1v) is 7.81. The molecule has 0 fully saturated rings. The molecule has 0 saturated heterocycles. The van der Waals surface area contributed by atoms with Crippen molar-refractivity contribution in [2.24, 2.45) is 7.05 Å². The summed E-state index contributed by atoms with van der Waals surface area (Å²) in [7, 11) is 2.05. The van der Waals surface area contributed by atoms with Crippen LogP contribution in [0.4, 0.5) is 11.5 Å². The number of benzene rings is 1. The summed E-state index contributed by atoms with van der Waals surface area (Å²) in [4.78, 5) is 2.44. The second kappa shape index (κ2) is 5.90. The van der Waals surface area contributed by atoms with E-state index >= 15 is 0 Å². The van der Waals surface area contributed by atoms with Crippen LogP contribution in [0.5, 0.6) is 0 Å². The Labute approximate surface area is 126 Å². The minimum atomic E-state index is 0.879. The Morgan fingerprint density at radius 2 is 2.10 bits per heavy atom. The molecule has 3 rings (SSSR count). The predicted octanol–water partition coefficient (Wildman–Crippen LogP) is 2.92. The minimum Gasteiger partial charge on any atom is -0.326 e. The fourth-order valence-corrected chi connectivity index (χ4v) is 3.24. The molecule has 0 bridgehead atoms. The van der Waals surface area contributed by atoms with E-state index in [-0.39, 0.29) is 0 Å². The van der Waals surface area contributed by atoms with E-state index in [4.69, 9.17) is 0 Å². The molecule has 4 nitrogen and oxygen atoms in total. The molecule has 0 unspecified atom stereocenters. The highest BCUT2D eigenvalue weighted by Gasteiger charge is 2.24. The Morgan fingerprint density at radius 3 is 2.90 bits per heavy atom. The quantitative estimate of drug-likeness (QED) is 0.937. The van der Waals surface area contributed by atoms with Gasteiger partial charge in [0.2, 0.25) is 0 Å². The molecule has 0 atom stereocenters. The summed E-state index contributed by atoms with van der Waals surface area (Å²) < 4.78 is 2.03. The topological polar surface area (TPSA) is 33.1 Å². The molecule has 0 amide bonds. The number of aryl methyl sites for hydroxylation is 3. The molecule has 0 aliphatic carbocycles. The van der Waals surface area contributed by atoms with Crippen molar-refractivity contribution in [3.63, 3.8) is 0 Å². The highest BCUT2D eigenvalue weighted by molar-refractivity contribution is 5.68. The standard InChI is InChI=1S/C17H24N4/c1-4-18-12-15-13(2)19-20(3)17(15)21-11-7-9-14-8-5-6-10-16(14)21/h5-6,8,10,18H,4,7,9,11-12H2,1-3H3. The average Bonchev–Trinajstić information content (AvgIpc) is 2.78. The third-order valence-electron chi connectivity index (χ3n) is 4.23. The molecule has 112 valence electrons. The van der Waals surface area contributed by atoms with Gasteiger partial charge in [0.05, 0.1) is 5.69 Å². The maximum Gasteiger partial charge on any atom is 0.135 e. The van der Waals surface area contributed by atoms with Crippen molar-refractivity contribution in [1.82, 2.24) is 15.1 Å². The third-order valence-corrected chi connectivity index (χ3v) is 4.23. The Morgan fingerprint density at radius 1 is 1.29 bits per heavy atom. The van der Waals surface area contributed by atoms with Crippen molar-refractivity contribution in [3.8, 4) is 0 Å². The van der Waals surface area contributed by atoms with E-state index in [0.717, 1.165) is 25.3 Å². The highest BCUT2D eigenvalue weighted by Crippen LogP contribution is 2.35. The summed E-state index contributed by atoms with van der Waals surface area (Å²) in [6.45, 7) is 7.16. The maximum atomic E-state index is 4.65. The van der Waals surface area contributed by atoms with Gasteiger partial charge in [-0.3, -0.25) is 4.68 Å². The summed E-state index contributed by atoms with van der Waals surface area (Å²) in [5.41, 5.74) is 5.22. The van der Waals surface area contributed by atoms with Crippen LogP contribution < -0.4 is 10.2 Å². The first kappa shape index (κ1) is 14.1. The Hall–Kier alpha value is -1.81. The van der Waals surface area contributed by atoms with E-state index in [1.54, 1.807) is 0 Å². The SMILES string of the molecule is CCNCc1c(C)nn(C)c1N1CCCc2ccccc21. The van der Waals surface area contributed by atoms with Crippen molar-refractivity contribution >= 4 is 11.5 Å². The van der Waals surface area contributed by atoms with Crippen LogP contribution in [0.2, 0.25) is 0 Å². The summed E-state index contributed by atoms with van der Waals surface area (Å²) >= 11 is 0. The van der Waals surface area contributed by atoms with Crippen LogP contribution in [0, 0.1) is 6.92 Å². The Bertz CT molecular complexity index is 630. The van der Waals surface area contributed by atoms with Gasteiger partial charge in [0.25, 0.3) is 0 Å². The number of para-hydroxylation sites is 1. The van der Waals surface area contributed by atoms with Gasteiger partial charge in [-0.25, -0.2) is 0 Å². The molecule has 0 radical (unpaired) electrons. The molecule has 1 N–H and O–H groups in total. The van der Waals surface area contributed by atoms with Crippen LogP contribution in [0.1, 0.15) is 30.2 Å². The van der Waals surface area contributed by atoms with Gasteiger partial charge in [0.15, 0.2) is 0 Å². The zero-order valence-corrected chi connectivity index (χ0v) is 13.2. The van der Waals surface area contributed by atoms with E-state index in [1.807, 2.05) is 4.68 Å². The van der Waals surface area contributed by atoms with E-state index < -0.39 is 0 Å². The van der Waals surface area contributed by atoms with Crippen molar-refractivity contribution in [2.75, 3.05) is 18.0 Å². The van der Waals surface area contributed by atoms with Crippen LogP contribution in [-0.4, -0.2) is 22.9 Å². The highest BCUT2D eigenvalue weighted by atomic mass is 15.4. The average molecular weight is 284 g/mol. The van der Waals surface area contributed by atoms with Gasteiger partial charge in [0.1, 0.15) is 5.82 Å². The second-order valence-electron chi connectivity index (χ2n) is 5.68. The summed E-state index contributed by atoms with van der Waals surface area (Å²) in [6, 6.07) is 8.74. The molecule has 2 aromatic rings. The largest absolute Gasteiger partial charge is 0.326 e. The van der Waals surface area contributed by atoms with Gasteiger partial charge in [-0.15, -0.1) is 0 Å². The smallest absolute Gasteiger partial charge is 0.135 e. The van der Waals surface area contributed by atoms with Crippen LogP contribution in [0.3, 0.4) is 0 Å². The molecule has 21 heavy (non-hydrogen) atoms.